The van der Waals surface area contributed by atoms with Crippen LogP contribution in [0.2, 0.25) is 0 Å². The van der Waals surface area contributed by atoms with Crippen LogP contribution in [0.15, 0.2) is 47.5 Å². The molecule has 0 spiro atoms. The topological polar surface area (TPSA) is 124 Å². The van der Waals surface area contributed by atoms with Crippen molar-refractivity contribution in [2.45, 2.75) is 26.0 Å². The summed E-state index contributed by atoms with van der Waals surface area (Å²) in [6.07, 6.45) is 3.17. The van der Waals surface area contributed by atoms with Crippen LogP contribution in [0.3, 0.4) is 0 Å². The highest BCUT2D eigenvalue weighted by Gasteiger charge is 2.26. The van der Waals surface area contributed by atoms with Crippen molar-refractivity contribution < 1.29 is 14.3 Å². The first kappa shape index (κ1) is 26.5. The molecule has 1 saturated heterocycles. The third-order valence-electron chi connectivity index (χ3n) is 7.14. The number of hydrogen-bond acceptors (Lipinski definition) is 9. The van der Waals surface area contributed by atoms with Gasteiger partial charge < -0.3 is 40.2 Å². The molecule has 1 aromatic carbocycles. The van der Waals surface area contributed by atoms with Gasteiger partial charge in [0.2, 0.25) is 5.88 Å². The fourth-order valence-corrected chi connectivity index (χ4v) is 5.05. The molecule has 0 aliphatic carbocycles. The van der Waals surface area contributed by atoms with Crippen LogP contribution in [0.25, 0.3) is 0 Å². The fraction of sp³-hybridized carbons (Fsp3) is 0.393. The Labute approximate surface area is 227 Å². The normalized spacial score (nSPS) is 19.0. The number of hydrogen-bond donors (Lipinski definition) is 4. The third kappa shape index (κ3) is 5.69. The Bertz CT molecular complexity index is 1390. The van der Waals surface area contributed by atoms with Gasteiger partial charge in [0, 0.05) is 49.9 Å². The number of aromatic nitrogens is 2. The first-order chi connectivity index (χ1) is 18.8. The molecule has 1 fully saturated rings. The van der Waals surface area contributed by atoms with Gasteiger partial charge in [-0.2, -0.15) is 0 Å². The summed E-state index contributed by atoms with van der Waals surface area (Å²) in [5, 5.41) is 9.43. The van der Waals surface area contributed by atoms with Gasteiger partial charge in [0.15, 0.2) is 0 Å². The number of anilines is 5. The zero-order chi connectivity index (χ0) is 27.5. The molecule has 4 N–H and O–H groups in total. The molecule has 5 rings (SSSR count). The predicted molar refractivity (Wildman–Crippen MR) is 153 cm³/mol. The van der Waals surface area contributed by atoms with Crippen molar-refractivity contribution >= 4 is 34.3 Å². The van der Waals surface area contributed by atoms with Gasteiger partial charge >= 0.3 is 0 Å². The van der Waals surface area contributed by atoms with Crippen molar-refractivity contribution in [3.8, 4) is 5.88 Å². The molecule has 2 aliphatic heterocycles. The molecule has 2 aromatic heterocycles. The summed E-state index contributed by atoms with van der Waals surface area (Å²) in [5.41, 5.74) is 3.86. The maximum absolute atomic E-state index is 13.3. The van der Waals surface area contributed by atoms with E-state index >= 15 is 0 Å². The Hall–Kier alpha value is -4.09. The lowest BCUT2D eigenvalue weighted by atomic mass is 10.1. The molecule has 2 atom stereocenters. The van der Waals surface area contributed by atoms with Crippen molar-refractivity contribution in [2.75, 3.05) is 67.8 Å². The summed E-state index contributed by atoms with van der Waals surface area (Å²) in [6.45, 7) is 7.98. The second-order valence-corrected chi connectivity index (χ2v) is 10.1. The van der Waals surface area contributed by atoms with E-state index < -0.39 is 11.5 Å². The van der Waals surface area contributed by atoms with E-state index in [4.69, 9.17) is 9.47 Å². The molecule has 1 amide bonds. The van der Waals surface area contributed by atoms with Crippen LogP contribution in [0.1, 0.15) is 22.8 Å². The molecule has 39 heavy (non-hydrogen) atoms. The van der Waals surface area contributed by atoms with Crippen molar-refractivity contribution in [2.24, 2.45) is 0 Å². The van der Waals surface area contributed by atoms with E-state index in [1.807, 2.05) is 38.1 Å². The number of methoxy groups -OCH3 is 1. The average molecular weight is 534 g/mol. The molecule has 0 bridgehead atoms. The number of nitrogens with zero attached hydrogens (tertiary/aromatic N) is 3. The Morgan fingerprint density at radius 2 is 2.00 bits per heavy atom. The Balaban J connectivity index is 1.34. The van der Waals surface area contributed by atoms with E-state index in [-0.39, 0.29) is 17.7 Å². The summed E-state index contributed by atoms with van der Waals surface area (Å²) < 4.78 is 11.2. The van der Waals surface area contributed by atoms with E-state index in [0.29, 0.717) is 36.1 Å². The Morgan fingerprint density at radius 3 is 2.77 bits per heavy atom. The maximum Gasteiger partial charge on any atom is 0.263 e. The Kier molecular flexibility index (Phi) is 7.71. The standard InChI is InChI=1S/C28H35N7O4/c1-17-13-30-25-18(2)23(14-31-28(25)39-17)33-22-9-10-29-26(36)24(22)27(37)32-19-5-7-20(8-6-19)35-12-11-34(3)15-21(35)16-38-4/h5-10,14,17,21,30H,11-13,15-16H2,1-4H3,(H,32,37)(H2,29,33,36). The minimum absolute atomic E-state index is 0.0178. The van der Waals surface area contributed by atoms with E-state index in [2.05, 4.69) is 42.8 Å². The van der Waals surface area contributed by atoms with Crippen LogP contribution in [0, 0.1) is 6.92 Å². The van der Waals surface area contributed by atoms with E-state index in [0.717, 1.165) is 36.6 Å². The number of nitrogens with one attached hydrogen (secondary N) is 4. The largest absolute Gasteiger partial charge is 0.471 e. The van der Waals surface area contributed by atoms with E-state index in [9.17, 15) is 9.59 Å². The average Bonchev–Trinajstić information content (AvgIpc) is 2.91. The Morgan fingerprint density at radius 1 is 1.21 bits per heavy atom. The molecule has 2 aliphatic rings. The number of benzene rings is 1. The highest BCUT2D eigenvalue weighted by molar-refractivity contribution is 6.08. The van der Waals surface area contributed by atoms with Crippen LogP contribution >= 0.6 is 0 Å². The van der Waals surface area contributed by atoms with Crippen LogP contribution in [0.4, 0.5) is 28.4 Å². The van der Waals surface area contributed by atoms with Crippen LogP contribution in [0.5, 0.6) is 5.88 Å². The zero-order valence-corrected chi connectivity index (χ0v) is 22.7. The SMILES string of the molecule is COCC1CN(C)CCN1c1ccc(NC(=O)c2c(Nc3cnc4c(c3C)NCC(C)O4)cc[nH]c2=O)cc1. The van der Waals surface area contributed by atoms with Crippen molar-refractivity contribution in [3.05, 3.63) is 64.2 Å². The number of ether oxygens (including phenoxy) is 2. The molecule has 0 radical (unpaired) electrons. The molecule has 4 heterocycles. The van der Waals surface area contributed by atoms with Gasteiger partial charge in [-0.1, -0.05) is 0 Å². The minimum Gasteiger partial charge on any atom is -0.471 e. The quantitative estimate of drug-likeness (QED) is 0.363. The zero-order valence-electron chi connectivity index (χ0n) is 22.7. The van der Waals surface area contributed by atoms with Crippen LogP contribution in [-0.4, -0.2) is 79.9 Å². The second-order valence-electron chi connectivity index (χ2n) is 10.1. The number of carbonyl (C=O) groups excluding carboxylic acids is 1. The summed E-state index contributed by atoms with van der Waals surface area (Å²) in [7, 11) is 3.83. The highest BCUT2D eigenvalue weighted by Crippen LogP contribution is 2.35. The lowest BCUT2D eigenvalue weighted by Gasteiger charge is -2.41. The van der Waals surface area contributed by atoms with Gasteiger partial charge in [-0.25, -0.2) is 4.98 Å². The van der Waals surface area contributed by atoms with Crippen molar-refractivity contribution in [1.29, 1.82) is 0 Å². The summed E-state index contributed by atoms with van der Waals surface area (Å²) in [4.78, 5) is 37.7. The highest BCUT2D eigenvalue weighted by atomic mass is 16.5. The molecule has 0 saturated carbocycles. The number of carbonyl (C=O) groups is 1. The monoisotopic (exact) mass is 533 g/mol. The maximum atomic E-state index is 13.3. The lowest BCUT2D eigenvalue weighted by molar-refractivity contribution is 0.102. The second kappa shape index (κ2) is 11.3. The number of pyridine rings is 2. The molecule has 2 unspecified atom stereocenters. The van der Waals surface area contributed by atoms with Gasteiger partial charge in [-0.15, -0.1) is 0 Å². The fourth-order valence-electron chi connectivity index (χ4n) is 5.05. The van der Waals surface area contributed by atoms with Gasteiger partial charge in [0.1, 0.15) is 17.4 Å². The third-order valence-corrected chi connectivity index (χ3v) is 7.14. The lowest BCUT2D eigenvalue weighted by Crippen LogP contribution is -2.53. The molecular formula is C28H35N7O4. The number of aromatic amines is 1. The van der Waals surface area contributed by atoms with Gasteiger partial charge in [0.25, 0.3) is 11.5 Å². The van der Waals surface area contributed by atoms with E-state index in [1.165, 1.54) is 6.20 Å². The first-order valence-electron chi connectivity index (χ1n) is 13.1. The van der Waals surface area contributed by atoms with Crippen molar-refractivity contribution in [1.82, 2.24) is 14.9 Å². The smallest absolute Gasteiger partial charge is 0.263 e. The summed E-state index contributed by atoms with van der Waals surface area (Å²) in [6, 6.07) is 9.57. The number of likely N-dealkylation sites (N-methyl/N-ethyl adjacent to an activating group) is 1. The van der Waals surface area contributed by atoms with E-state index in [1.54, 1.807) is 19.4 Å². The number of piperazine rings is 1. The molecule has 11 nitrogen and oxygen atoms in total. The molecule has 3 aromatic rings. The summed E-state index contributed by atoms with van der Waals surface area (Å²) >= 11 is 0. The minimum atomic E-state index is -0.511. The molecular weight excluding hydrogens is 498 g/mol. The predicted octanol–water partition coefficient (Wildman–Crippen LogP) is 3.03. The van der Waals surface area contributed by atoms with Gasteiger partial charge in [-0.3, -0.25) is 9.59 Å². The van der Waals surface area contributed by atoms with Gasteiger partial charge in [0.05, 0.1) is 36.8 Å². The number of fused-ring (bicyclic) bond motifs is 1. The van der Waals surface area contributed by atoms with Crippen LogP contribution < -0.4 is 31.1 Å². The molecule has 11 heteroatoms. The molecule has 206 valence electrons. The summed E-state index contributed by atoms with van der Waals surface area (Å²) in [5.74, 6) is 0.0250. The first-order valence-corrected chi connectivity index (χ1v) is 13.1. The number of amides is 1. The number of rotatable bonds is 7. The van der Waals surface area contributed by atoms with Gasteiger partial charge in [-0.05, 0) is 51.2 Å². The van der Waals surface area contributed by atoms with Crippen LogP contribution in [-0.2, 0) is 4.74 Å². The van der Waals surface area contributed by atoms with Crippen molar-refractivity contribution in [3.63, 3.8) is 0 Å². The number of H-pyrrole nitrogens is 1.